The molecule has 8 heteroatoms. The molecule has 0 fully saturated rings. The van der Waals surface area contributed by atoms with E-state index >= 15 is 0 Å². The molecule has 0 aliphatic rings. The van der Waals surface area contributed by atoms with Crippen molar-refractivity contribution in [3.05, 3.63) is 41.7 Å². The summed E-state index contributed by atoms with van der Waals surface area (Å²) in [5, 5.41) is 17.0. The molecule has 0 heterocycles. The molecule has 0 bridgehead atoms. The second-order valence-corrected chi connectivity index (χ2v) is 3.25. The average molecular weight is 276 g/mol. The summed E-state index contributed by atoms with van der Waals surface area (Å²) >= 11 is 0. The molecule has 0 aromatic heterocycles. The van der Waals surface area contributed by atoms with E-state index in [9.17, 15) is 22.8 Å². The number of ether oxygens (including phenoxy) is 1. The van der Waals surface area contributed by atoms with Crippen LogP contribution in [0.5, 0.6) is 5.75 Å². The zero-order valence-corrected chi connectivity index (χ0v) is 9.14. The number of carbonyl (C=O) groups is 2. The van der Waals surface area contributed by atoms with Gasteiger partial charge in [0.2, 0.25) is 5.76 Å². The van der Waals surface area contributed by atoms with Gasteiger partial charge in [-0.2, -0.15) is 13.2 Å². The van der Waals surface area contributed by atoms with E-state index in [1.807, 2.05) is 0 Å². The molecule has 0 unspecified atom stereocenters. The predicted octanol–water partition coefficient (Wildman–Crippen LogP) is 2.14. The zero-order chi connectivity index (χ0) is 14.6. The van der Waals surface area contributed by atoms with Crippen LogP contribution in [0.15, 0.2) is 36.1 Å². The molecule has 102 valence electrons. The maximum absolute atomic E-state index is 12.6. The Kier molecular flexibility index (Phi) is 4.15. The SMILES string of the molecule is O=C(O)/C=C(\Oc1ccccc1C(F)(F)F)C(=O)O. The van der Waals surface area contributed by atoms with Crippen LogP contribution in [0.4, 0.5) is 13.2 Å². The molecule has 19 heavy (non-hydrogen) atoms. The lowest BCUT2D eigenvalue weighted by Crippen LogP contribution is -2.13. The zero-order valence-electron chi connectivity index (χ0n) is 9.14. The van der Waals surface area contributed by atoms with E-state index in [0.29, 0.717) is 6.07 Å². The number of hydrogen-bond donors (Lipinski definition) is 2. The summed E-state index contributed by atoms with van der Waals surface area (Å²) in [5.74, 6) is -5.35. The Hall–Kier alpha value is -2.51. The van der Waals surface area contributed by atoms with Crippen LogP contribution in [0.2, 0.25) is 0 Å². The number of para-hydroxylation sites is 1. The fraction of sp³-hybridized carbons (Fsp3) is 0.0909. The van der Waals surface area contributed by atoms with Gasteiger partial charge < -0.3 is 14.9 Å². The number of rotatable bonds is 4. The van der Waals surface area contributed by atoms with Crippen LogP contribution in [-0.2, 0) is 15.8 Å². The van der Waals surface area contributed by atoms with E-state index in [-0.39, 0.29) is 6.08 Å². The molecule has 1 aromatic carbocycles. The summed E-state index contributed by atoms with van der Waals surface area (Å²) in [4.78, 5) is 21.0. The summed E-state index contributed by atoms with van der Waals surface area (Å²) in [7, 11) is 0. The fourth-order valence-electron chi connectivity index (χ4n) is 1.16. The highest BCUT2D eigenvalue weighted by Gasteiger charge is 2.34. The molecule has 0 radical (unpaired) electrons. The molecule has 5 nitrogen and oxygen atoms in total. The normalized spacial score (nSPS) is 12.1. The van der Waals surface area contributed by atoms with Gasteiger partial charge in [0.15, 0.2) is 0 Å². The first-order valence-corrected chi connectivity index (χ1v) is 4.74. The Morgan fingerprint density at radius 2 is 1.74 bits per heavy atom. The van der Waals surface area contributed by atoms with Gasteiger partial charge in [-0.1, -0.05) is 12.1 Å². The molecule has 1 aromatic rings. The minimum absolute atomic E-state index is 0.162. The minimum Gasteiger partial charge on any atom is -0.478 e. The van der Waals surface area contributed by atoms with Gasteiger partial charge in [-0.25, -0.2) is 9.59 Å². The molecule has 0 atom stereocenters. The van der Waals surface area contributed by atoms with E-state index in [4.69, 9.17) is 10.2 Å². The molecule has 0 aliphatic heterocycles. The van der Waals surface area contributed by atoms with Gasteiger partial charge in [0, 0.05) is 0 Å². The number of hydrogen-bond acceptors (Lipinski definition) is 3. The first-order valence-electron chi connectivity index (χ1n) is 4.74. The van der Waals surface area contributed by atoms with Crippen molar-refractivity contribution < 1.29 is 37.7 Å². The lowest BCUT2D eigenvalue weighted by Gasteiger charge is -2.13. The third-order valence-corrected chi connectivity index (χ3v) is 1.88. The van der Waals surface area contributed by atoms with Gasteiger partial charge in [-0.3, -0.25) is 0 Å². The van der Waals surface area contributed by atoms with Gasteiger partial charge >= 0.3 is 18.1 Å². The number of carboxylic acids is 2. The smallest absolute Gasteiger partial charge is 0.419 e. The summed E-state index contributed by atoms with van der Waals surface area (Å²) in [5.41, 5.74) is -1.20. The molecular formula is C11H7F3O5. The van der Waals surface area contributed by atoms with Crippen molar-refractivity contribution in [1.29, 1.82) is 0 Å². The van der Waals surface area contributed by atoms with Crippen LogP contribution in [0, 0.1) is 0 Å². The third kappa shape index (κ3) is 4.02. The van der Waals surface area contributed by atoms with Gasteiger partial charge in [-0.15, -0.1) is 0 Å². The third-order valence-electron chi connectivity index (χ3n) is 1.88. The lowest BCUT2D eigenvalue weighted by atomic mass is 10.2. The molecular weight excluding hydrogens is 269 g/mol. The van der Waals surface area contributed by atoms with Crippen molar-refractivity contribution >= 4 is 11.9 Å². The topological polar surface area (TPSA) is 83.8 Å². The molecule has 0 spiro atoms. The molecule has 0 saturated heterocycles. The van der Waals surface area contributed by atoms with Crippen LogP contribution in [0.25, 0.3) is 0 Å². The molecule has 0 amide bonds. The number of carboxylic acid groups (broad SMARTS) is 2. The van der Waals surface area contributed by atoms with Crippen LogP contribution in [0.3, 0.4) is 0 Å². The fourth-order valence-corrected chi connectivity index (χ4v) is 1.16. The molecule has 0 saturated carbocycles. The van der Waals surface area contributed by atoms with E-state index in [1.54, 1.807) is 0 Å². The Balaban J connectivity index is 3.18. The summed E-state index contributed by atoms with van der Waals surface area (Å²) in [6, 6.07) is 3.87. The van der Waals surface area contributed by atoms with Crippen LogP contribution < -0.4 is 4.74 Å². The number of benzene rings is 1. The number of aliphatic carboxylic acids is 2. The Morgan fingerprint density at radius 3 is 2.21 bits per heavy atom. The van der Waals surface area contributed by atoms with Crippen LogP contribution in [-0.4, -0.2) is 22.2 Å². The largest absolute Gasteiger partial charge is 0.478 e. The molecule has 1 rings (SSSR count). The van der Waals surface area contributed by atoms with Crippen molar-refractivity contribution in [3.63, 3.8) is 0 Å². The summed E-state index contributed by atoms with van der Waals surface area (Å²) < 4.78 is 42.3. The Morgan fingerprint density at radius 1 is 1.16 bits per heavy atom. The minimum atomic E-state index is -4.75. The quantitative estimate of drug-likeness (QED) is 0.650. The van der Waals surface area contributed by atoms with Gasteiger partial charge in [0.1, 0.15) is 5.75 Å². The highest BCUT2D eigenvalue weighted by molar-refractivity contribution is 5.93. The number of halogens is 3. The second kappa shape index (κ2) is 5.42. The highest BCUT2D eigenvalue weighted by Crippen LogP contribution is 2.36. The predicted molar refractivity (Wildman–Crippen MR) is 55.4 cm³/mol. The van der Waals surface area contributed by atoms with Crippen molar-refractivity contribution in [3.8, 4) is 5.75 Å². The van der Waals surface area contributed by atoms with Gasteiger partial charge in [-0.05, 0) is 12.1 Å². The van der Waals surface area contributed by atoms with Crippen LogP contribution >= 0.6 is 0 Å². The standard InChI is InChI=1S/C11H7F3O5/c12-11(13,14)6-3-1-2-4-7(6)19-8(10(17)18)5-9(15)16/h1-5H,(H,15,16)(H,17,18)/b8-5-. The highest BCUT2D eigenvalue weighted by atomic mass is 19.4. The van der Waals surface area contributed by atoms with E-state index in [0.717, 1.165) is 12.1 Å². The maximum atomic E-state index is 12.6. The van der Waals surface area contributed by atoms with Gasteiger partial charge in [0.25, 0.3) is 0 Å². The Bertz CT molecular complexity index is 533. The van der Waals surface area contributed by atoms with Crippen molar-refractivity contribution in [2.75, 3.05) is 0 Å². The van der Waals surface area contributed by atoms with E-state index in [2.05, 4.69) is 4.74 Å². The van der Waals surface area contributed by atoms with E-state index < -0.39 is 35.2 Å². The van der Waals surface area contributed by atoms with Crippen LogP contribution in [0.1, 0.15) is 5.56 Å². The monoisotopic (exact) mass is 276 g/mol. The molecule has 0 aliphatic carbocycles. The van der Waals surface area contributed by atoms with Crippen molar-refractivity contribution in [2.45, 2.75) is 6.18 Å². The maximum Gasteiger partial charge on any atom is 0.419 e. The number of alkyl halides is 3. The lowest BCUT2D eigenvalue weighted by molar-refractivity contribution is -0.141. The van der Waals surface area contributed by atoms with Crippen molar-refractivity contribution in [2.24, 2.45) is 0 Å². The van der Waals surface area contributed by atoms with Gasteiger partial charge in [0.05, 0.1) is 11.6 Å². The Labute approximate surface area is 104 Å². The van der Waals surface area contributed by atoms with Crippen molar-refractivity contribution in [1.82, 2.24) is 0 Å². The first-order chi connectivity index (χ1) is 8.71. The summed E-state index contributed by atoms with van der Waals surface area (Å²) in [6.45, 7) is 0. The average Bonchev–Trinajstić information content (AvgIpc) is 2.26. The van der Waals surface area contributed by atoms with E-state index in [1.165, 1.54) is 6.07 Å². The second-order valence-electron chi connectivity index (χ2n) is 3.25. The molecule has 2 N–H and O–H groups in total. The summed E-state index contributed by atoms with van der Waals surface area (Å²) in [6.07, 6.45) is -4.58. The first kappa shape index (κ1) is 14.6.